The van der Waals surface area contributed by atoms with Crippen molar-refractivity contribution in [2.45, 2.75) is 41.0 Å². The van der Waals surface area contributed by atoms with Crippen LogP contribution in [0.3, 0.4) is 0 Å². The van der Waals surface area contributed by atoms with Gasteiger partial charge in [0.05, 0.1) is 31.0 Å². The first-order chi connectivity index (χ1) is 12.3. The Morgan fingerprint density at radius 1 is 1.08 bits per heavy atom. The van der Waals surface area contributed by atoms with E-state index in [2.05, 4.69) is 26.2 Å². The summed E-state index contributed by atoms with van der Waals surface area (Å²) in [6, 6.07) is 5.66. The number of ether oxygens (including phenoxy) is 2. The van der Waals surface area contributed by atoms with Crippen LogP contribution in [0.15, 0.2) is 22.7 Å². The van der Waals surface area contributed by atoms with Crippen LogP contribution in [-0.2, 0) is 11.2 Å². The second kappa shape index (κ2) is 9.03. The lowest BCUT2D eigenvalue weighted by Gasteiger charge is -2.15. The fraction of sp³-hybridized carbons (Fsp3) is 0.400. The molecule has 140 valence electrons. The van der Waals surface area contributed by atoms with Gasteiger partial charge < -0.3 is 14.8 Å². The molecule has 0 bridgehead atoms. The topological polar surface area (TPSA) is 60.5 Å². The van der Waals surface area contributed by atoms with Crippen LogP contribution in [0.4, 0.5) is 5.69 Å². The number of hydrogen-bond acceptors (Lipinski definition) is 4. The SMILES string of the molecule is CCOc1cc(Br)c(CC(=O)Nc2c(C)cc(C)nc2C)cc1OCC. The van der Waals surface area contributed by atoms with Crippen LogP contribution in [0.2, 0.25) is 0 Å². The van der Waals surface area contributed by atoms with Crippen molar-refractivity contribution >= 4 is 27.5 Å². The van der Waals surface area contributed by atoms with Gasteiger partial charge in [0.1, 0.15) is 0 Å². The molecular formula is C20H25BrN2O3. The molecule has 0 atom stereocenters. The van der Waals surface area contributed by atoms with Crippen LogP contribution in [0.25, 0.3) is 0 Å². The number of nitrogens with zero attached hydrogens (tertiary/aromatic N) is 1. The summed E-state index contributed by atoms with van der Waals surface area (Å²) in [7, 11) is 0. The number of aromatic nitrogens is 1. The third-order valence-electron chi connectivity index (χ3n) is 3.85. The van der Waals surface area contributed by atoms with Gasteiger partial charge in [-0.05, 0) is 63.9 Å². The number of aryl methyl sites for hydroxylation is 3. The third kappa shape index (κ3) is 4.97. The molecule has 0 fully saturated rings. The molecule has 0 aliphatic heterocycles. The zero-order chi connectivity index (χ0) is 19.3. The maximum Gasteiger partial charge on any atom is 0.228 e. The van der Waals surface area contributed by atoms with Crippen molar-refractivity contribution in [3.63, 3.8) is 0 Å². The number of rotatable bonds is 7. The van der Waals surface area contributed by atoms with E-state index < -0.39 is 0 Å². The molecule has 26 heavy (non-hydrogen) atoms. The first kappa shape index (κ1) is 20.2. The quantitative estimate of drug-likeness (QED) is 0.701. The van der Waals surface area contributed by atoms with E-state index in [1.165, 1.54) is 0 Å². The molecule has 0 aliphatic rings. The summed E-state index contributed by atoms with van der Waals surface area (Å²) in [6.45, 7) is 10.7. The second-order valence-electron chi connectivity index (χ2n) is 6.02. The first-order valence-corrected chi connectivity index (χ1v) is 9.47. The summed E-state index contributed by atoms with van der Waals surface area (Å²) in [5, 5.41) is 2.98. The molecule has 0 aliphatic carbocycles. The van der Waals surface area contributed by atoms with Crippen LogP contribution in [0.1, 0.15) is 36.4 Å². The van der Waals surface area contributed by atoms with E-state index in [1.54, 1.807) is 0 Å². The summed E-state index contributed by atoms with van der Waals surface area (Å²) in [4.78, 5) is 17.0. The Balaban J connectivity index is 2.22. The average molecular weight is 421 g/mol. The van der Waals surface area contributed by atoms with E-state index in [0.29, 0.717) is 24.7 Å². The lowest BCUT2D eigenvalue weighted by Crippen LogP contribution is -2.17. The predicted octanol–water partition coefficient (Wildman–Crippen LogP) is 4.75. The van der Waals surface area contributed by atoms with Gasteiger partial charge in [-0.25, -0.2) is 0 Å². The minimum atomic E-state index is -0.103. The number of nitrogens with one attached hydrogen (secondary N) is 1. The highest BCUT2D eigenvalue weighted by atomic mass is 79.9. The van der Waals surface area contributed by atoms with Crippen LogP contribution in [0.5, 0.6) is 11.5 Å². The Morgan fingerprint density at radius 3 is 2.27 bits per heavy atom. The molecule has 1 N–H and O–H groups in total. The standard InChI is InChI=1S/C20H25BrN2O3/c1-6-25-17-9-15(16(21)11-18(17)26-7-2)10-19(24)23-20-12(3)8-13(4)22-14(20)5/h8-9,11H,6-7,10H2,1-5H3,(H,23,24). The summed E-state index contributed by atoms with van der Waals surface area (Å²) in [5.41, 5.74) is 4.37. The second-order valence-corrected chi connectivity index (χ2v) is 6.88. The van der Waals surface area contributed by atoms with Crippen molar-refractivity contribution in [3.8, 4) is 11.5 Å². The minimum Gasteiger partial charge on any atom is -0.490 e. The highest BCUT2D eigenvalue weighted by molar-refractivity contribution is 9.10. The number of halogens is 1. The number of pyridine rings is 1. The van der Waals surface area contributed by atoms with Crippen LogP contribution in [0, 0.1) is 20.8 Å². The fourth-order valence-electron chi connectivity index (χ4n) is 2.82. The van der Waals surface area contributed by atoms with Gasteiger partial charge in [-0.1, -0.05) is 15.9 Å². The summed E-state index contributed by atoms with van der Waals surface area (Å²) in [6.07, 6.45) is 0.222. The van der Waals surface area contributed by atoms with Crippen molar-refractivity contribution in [3.05, 3.63) is 45.2 Å². The number of hydrogen-bond donors (Lipinski definition) is 1. The van der Waals surface area contributed by atoms with E-state index >= 15 is 0 Å². The molecule has 6 heteroatoms. The molecule has 0 unspecified atom stereocenters. The summed E-state index contributed by atoms with van der Waals surface area (Å²) >= 11 is 3.53. The molecule has 0 radical (unpaired) electrons. The molecule has 1 amide bonds. The summed E-state index contributed by atoms with van der Waals surface area (Å²) < 4.78 is 12.1. The van der Waals surface area contributed by atoms with Crippen molar-refractivity contribution in [1.82, 2.24) is 4.98 Å². The lowest BCUT2D eigenvalue weighted by molar-refractivity contribution is -0.115. The molecule has 2 rings (SSSR count). The monoisotopic (exact) mass is 420 g/mol. The molecule has 2 aromatic rings. The van der Waals surface area contributed by atoms with Gasteiger partial charge in [0.15, 0.2) is 11.5 Å². The largest absolute Gasteiger partial charge is 0.490 e. The summed E-state index contributed by atoms with van der Waals surface area (Å²) in [5.74, 6) is 1.21. The predicted molar refractivity (Wildman–Crippen MR) is 107 cm³/mol. The molecule has 1 aromatic heterocycles. The van der Waals surface area contributed by atoms with E-state index in [4.69, 9.17) is 9.47 Å². The Kier molecular flexibility index (Phi) is 7.03. The molecule has 0 spiro atoms. The van der Waals surface area contributed by atoms with Gasteiger partial charge in [-0.15, -0.1) is 0 Å². The van der Waals surface area contributed by atoms with Crippen molar-refractivity contribution in [2.24, 2.45) is 0 Å². The number of amides is 1. The fourth-order valence-corrected chi connectivity index (χ4v) is 3.28. The smallest absolute Gasteiger partial charge is 0.228 e. The highest BCUT2D eigenvalue weighted by Crippen LogP contribution is 2.34. The zero-order valence-corrected chi connectivity index (χ0v) is 17.5. The zero-order valence-electron chi connectivity index (χ0n) is 15.9. The minimum absolute atomic E-state index is 0.103. The number of carbonyl (C=O) groups excluding carboxylic acids is 1. The molecule has 0 saturated carbocycles. The van der Waals surface area contributed by atoms with Gasteiger partial charge in [0.25, 0.3) is 0 Å². The number of anilines is 1. The first-order valence-electron chi connectivity index (χ1n) is 8.68. The lowest BCUT2D eigenvalue weighted by atomic mass is 10.1. The van der Waals surface area contributed by atoms with Crippen molar-refractivity contribution < 1.29 is 14.3 Å². The van der Waals surface area contributed by atoms with Gasteiger partial charge in [-0.2, -0.15) is 0 Å². The molecular weight excluding hydrogens is 396 g/mol. The van der Waals surface area contributed by atoms with Gasteiger partial charge in [0.2, 0.25) is 5.91 Å². The molecule has 1 heterocycles. The van der Waals surface area contributed by atoms with Gasteiger partial charge in [-0.3, -0.25) is 9.78 Å². The van der Waals surface area contributed by atoms with Crippen LogP contribution < -0.4 is 14.8 Å². The highest BCUT2D eigenvalue weighted by Gasteiger charge is 2.15. The Labute approximate surface area is 163 Å². The Morgan fingerprint density at radius 2 is 1.69 bits per heavy atom. The molecule has 5 nitrogen and oxygen atoms in total. The van der Waals surface area contributed by atoms with Crippen LogP contribution in [-0.4, -0.2) is 24.1 Å². The van der Waals surface area contributed by atoms with E-state index in [-0.39, 0.29) is 12.3 Å². The van der Waals surface area contributed by atoms with E-state index in [0.717, 1.165) is 32.7 Å². The van der Waals surface area contributed by atoms with Crippen molar-refractivity contribution in [1.29, 1.82) is 0 Å². The Bertz CT molecular complexity index is 783. The maximum absolute atomic E-state index is 12.6. The molecule has 1 aromatic carbocycles. The third-order valence-corrected chi connectivity index (χ3v) is 4.59. The van der Waals surface area contributed by atoms with Gasteiger partial charge >= 0.3 is 0 Å². The number of benzene rings is 1. The molecule has 0 saturated heterocycles. The van der Waals surface area contributed by atoms with Crippen LogP contribution >= 0.6 is 15.9 Å². The maximum atomic E-state index is 12.6. The number of carbonyl (C=O) groups is 1. The Hall–Kier alpha value is -2.08. The van der Waals surface area contributed by atoms with E-state index in [1.807, 2.05) is 52.8 Å². The van der Waals surface area contributed by atoms with E-state index in [9.17, 15) is 4.79 Å². The normalized spacial score (nSPS) is 10.5. The average Bonchev–Trinajstić information content (AvgIpc) is 2.55. The van der Waals surface area contributed by atoms with Crippen molar-refractivity contribution in [2.75, 3.05) is 18.5 Å². The van der Waals surface area contributed by atoms with Gasteiger partial charge in [0, 0.05) is 10.2 Å².